The Kier molecular flexibility index (Phi) is 5.31. The van der Waals surface area contributed by atoms with Crippen molar-refractivity contribution in [2.24, 2.45) is 0 Å². The molecule has 1 aromatic carbocycles. The summed E-state index contributed by atoms with van der Waals surface area (Å²) in [7, 11) is 1.55. The Morgan fingerprint density at radius 1 is 1.45 bits per heavy atom. The highest BCUT2D eigenvalue weighted by atomic mass is 19.1. The first-order valence-electron chi connectivity index (χ1n) is 6.74. The van der Waals surface area contributed by atoms with Gasteiger partial charge in [0.15, 0.2) is 0 Å². The largest absolute Gasteiger partial charge is 0.383 e. The Labute approximate surface area is 118 Å². The molecule has 110 valence electrons. The van der Waals surface area contributed by atoms with Crippen molar-refractivity contribution in [3.8, 4) is 0 Å². The van der Waals surface area contributed by atoms with Crippen molar-refractivity contribution in [3.05, 3.63) is 29.6 Å². The van der Waals surface area contributed by atoms with Crippen molar-refractivity contribution >= 4 is 11.6 Å². The summed E-state index contributed by atoms with van der Waals surface area (Å²) >= 11 is 0. The SMILES string of the molecule is COCCNC(=O)c1ccc(N2CCNCC2)cc1F. The van der Waals surface area contributed by atoms with Gasteiger partial charge in [-0.3, -0.25) is 4.79 Å². The van der Waals surface area contributed by atoms with Crippen LogP contribution in [-0.2, 0) is 4.74 Å². The van der Waals surface area contributed by atoms with Crippen molar-refractivity contribution in [2.45, 2.75) is 0 Å². The van der Waals surface area contributed by atoms with Crippen molar-refractivity contribution in [1.82, 2.24) is 10.6 Å². The van der Waals surface area contributed by atoms with Gasteiger partial charge in [-0.2, -0.15) is 0 Å². The fourth-order valence-corrected chi connectivity index (χ4v) is 2.17. The van der Waals surface area contributed by atoms with E-state index >= 15 is 0 Å². The molecule has 1 aliphatic heterocycles. The van der Waals surface area contributed by atoms with Crippen LogP contribution in [0.3, 0.4) is 0 Å². The summed E-state index contributed by atoms with van der Waals surface area (Å²) < 4.78 is 18.9. The molecular formula is C14H20FN3O2. The number of amides is 1. The van der Waals surface area contributed by atoms with Gasteiger partial charge in [0.1, 0.15) is 5.82 Å². The van der Waals surface area contributed by atoms with Crippen LogP contribution in [0.1, 0.15) is 10.4 Å². The smallest absolute Gasteiger partial charge is 0.254 e. The van der Waals surface area contributed by atoms with E-state index in [-0.39, 0.29) is 5.56 Å². The molecule has 1 heterocycles. The highest BCUT2D eigenvalue weighted by Gasteiger charge is 2.15. The molecule has 6 heteroatoms. The maximum atomic E-state index is 14.0. The standard InChI is InChI=1S/C14H20FN3O2/c1-20-9-6-17-14(19)12-3-2-11(10-13(12)15)18-7-4-16-5-8-18/h2-3,10,16H,4-9H2,1H3,(H,17,19). The summed E-state index contributed by atoms with van der Waals surface area (Å²) in [6, 6.07) is 4.75. The summed E-state index contributed by atoms with van der Waals surface area (Å²) in [4.78, 5) is 13.9. The first-order chi connectivity index (χ1) is 9.72. The Bertz CT molecular complexity index is 462. The van der Waals surface area contributed by atoms with E-state index in [0.717, 1.165) is 31.9 Å². The first-order valence-corrected chi connectivity index (χ1v) is 6.74. The molecule has 1 aromatic rings. The van der Waals surface area contributed by atoms with Crippen LogP contribution in [0.4, 0.5) is 10.1 Å². The van der Waals surface area contributed by atoms with Crippen molar-refractivity contribution in [1.29, 1.82) is 0 Å². The normalized spacial score (nSPS) is 15.2. The fourth-order valence-electron chi connectivity index (χ4n) is 2.17. The Morgan fingerprint density at radius 2 is 2.20 bits per heavy atom. The van der Waals surface area contributed by atoms with Gasteiger partial charge in [0.05, 0.1) is 12.2 Å². The molecular weight excluding hydrogens is 261 g/mol. The third-order valence-electron chi connectivity index (χ3n) is 3.27. The van der Waals surface area contributed by atoms with Gasteiger partial charge in [-0.25, -0.2) is 4.39 Å². The summed E-state index contributed by atoms with van der Waals surface area (Å²) in [5.74, 6) is -0.901. The predicted octanol–water partition coefficient (Wildman–Crippen LogP) is 0.611. The first kappa shape index (κ1) is 14.7. The molecule has 5 nitrogen and oxygen atoms in total. The number of ether oxygens (including phenoxy) is 1. The van der Waals surface area contributed by atoms with E-state index in [1.54, 1.807) is 13.2 Å². The van der Waals surface area contributed by atoms with Crippen LogP contribution < -0.4 is 15.5 Å². The number of hydrogen-bond donors (Lipinski definition) is 2. The number of rotatable bonds is 5. The maximum absolute atomic E-state index is 14.0. The number of nitrogens with zero attached hydrogens (tertiary/aromatic N) is 1. The summed E-state index contributed by atoms with van der Waals surface area (Å²) in [6.07, 6.45) is 0. The van der Waals surface area contributed by atoms with Gasteiger partial charge in [0, 0.05) is 45.5 Å². The molecule has 1 aliphatic rings. The van der Waals surface area contributed by atoms with Gasteiger partial charge in [-0.1, -0.05) is 0 Å². The lowest BCUT2D eigenvalue weighted by Gasteiger charge is -2.29. The molecule has 1 amide bonds. The van der Waals surface area contributed by atoms with E-state index in [0.29, 0.717) is 13.2 Å². The molecule has 2 rings (SSSR count). The number of piperazine rings is 1. The second kappa shape index (κ2) is 7.21. The second-order valence-corrected chi connectivity index (χ2v) is 4.65. The third kappa shape index (κ3) is 3.68. The molecule has 0 spiro atoms. The van der Waals surface area contributed by atoms with Crippen LogP contribution >= 0.6 is 0 Å². The zero-order valence-corrected chi connectivity index (χ0v) is 11.6. The zero-order chi connectivity index (χ0) is 14.4. The molecule has 20 heavy (non-hydrogen) atoms. The average Bonchev–Trinajstić information content (AvgIpc) is 2.48. The van der Waals surface area contributed by atoms with Crippen molar-refractivity contribution < 1.29 is 13.9 Å². The minimum atomic E-state index is -0.490. The topological polar surface area (TPSA) is 53.6 Å². The van der Waals surface area contributed by atoms with Gasteiger partial charge < -0.3 is 20.3 Å². The Hall–Kier alpha value is -1.66. The lowest BCUT2D eigenvalue weighted by molar-refractivity contribution is 0.0933. The van der Waals surface area contributed by atoms with Gasteiger partial charge in [0.25, 0.3) is 5.91 Å². The van der Waals surface area contributed by atoms with Crippen LogP contribution in [0.5, 0.6) is 0 Å². The molecule has 1 fully saturated rings. The van der Waals surface area contributed by atoms with Crippen molar-refractivity contribution in [2.75, 3.05) is 51.3 Å². The molecule has 0 aliphatic carbocycles. The number of nitrogens with one attached hydrogen (secondary N) is 2. The Balaban J connectivity index is 2.03. The average molecular weight is 281 g/mol. The molecule has 2 N–H and O–H groups in total. The van der Waals surface area contributed by atoms with Crippen molar-refractivity contribution in [3.63, 3.8) is 0 Å². The highest BCUT2D eigenvalue weighted by Crippen LogP contribution is 2.19. The fraction of sp³-hybridized carbons (Fsp3) is 0.500. The van der Waals surface area contributed by atoms with Gasteiger partial charge >= 0.3 is 0 Å². The molecule has 0 bridgehead atoms. The van der Waals surface area contributed by atoms with Crippen LogP contribution in [-0.4, -0.2) is 52.3 Å². The molecule has 0 saturated carbocycles. The van der Waals surface area contributed by atoms with E-state index in [1.165, 1.54) is 12.1 Å². The van der Waals surface area contributed by atoms with Gasteiger partial charge in [-0.15, -0.1) is 0 Å². The minimum absolute atomic E-state index is 0.0694. The van der Waals surface area contributed by atoms with E-state index in [9.17, 15) is 9.18 Å². The minimum Gasteiger partial charge on any atom is -0.383 e. The highest BCUT2D eigenvalue weighted by molar-refractivity contribution is 5.94. The second-order valence-electron chi connectivity index (χ2n) is 4.65. The van der Waals surface area contributed by atoms with Crippen LogP contribution in [0.25, 0.3) is 0 Å². The van der Waals surface area contributed by atoms with E-state index in [2.05, 4.69) is 15.5 Å². The molecule has 0 unspecified atom stereocenters. The summed E-state index contributed by atoms with van der Waals surface area (Å²) in [6.45, 7) is 4.25. The lowest BCUT2D eigenvalue weighted by atomic mass is 10.1. The summed E-state index contributed by atoms with van der Waals surface area (Å²) in [5, 5.41) is 5.86. The maximum Gasteiger partial charge on any atom is 0.254 e. The number of benzene rings is 1. The van der Waals surface area contributed by atoms with Crippen LogP contribution in [0, 0.1) is 5.82 Å². The molecule has 1 saturated heterocycles. The zero-order valence-electron chi connectivity index (χ0n) is 11.6. The number of carbonyl (C=O) groups excluding carboxylic acids is 1. The van der Waals surface area contributed by atoms with E-state index in [4.69, 9.17) is 4.74 Å². The third-order valence-corrected chi connectivity index (χ3v) is 3.27. The quantitative estimate of drug-likeness (QED) is 0.777. The molecule has 0 atom stereocenters. The monoisotopic (exact) mass is 281 g/mol. The Morgan fingerprint density at radius 3 is 2.85 bits per heavy atom. The van der Waals surface area contributed by atoms with Gasteiger partial charge in [0.2, 0.25) is 0 Å². The number of carbonyl (C=O) groups is 1. The molecule has 0 radical (unpaired) electrons. The predicted molar refractivity (Wildman–Crippen MR) is 75.7 cm³/mol. The van der Waals surface area contributed by atoms with Gasteiger partial charge in [-0.05, 0) is 18.2 Å². The van der Waals surface area contributed by atoms with Crippen LogP contribution in [0.15, 0.2) is 18.2 Å². The van der Waals surface area contributed by atoms with E-state index < -0.39 is 11.7 Å². The molecule has 0 aromatic heterocycles. The van der Waals surface area contributed by atoms with Crippen LogP contribution in [0.2, 0.25) is 0 Å². The number of halogens is 1. The number of hydrogen-bond acceptors (Lipinski definition) is 4. The number of anilines is 1. The number of methoxy groups -OCH3 is 1. The summed E-state index contributed by atoms with van der Waals surface area (Å²) in [5.41, 5.74) is 0.887. The lowest BCUT2D eigenvalue weighted by Crippen LogP contribution is -2.43. The van der Waals surface area contributed by atoms with E-state index in [1.807, 2.05) is 0 Å².